The van der Waals surface area contributed by atoms with Crippen LogP contribution >= 0.6 is 75.7 Å². The van der Waals surface area contributed by atoms with Gasteiger partial charge in [0.1, 0.15) is 0 Å². The predicted molar refractivity (Wildman–Crippen MR) is 123 cm³/mol. The maximum atomic E-state index is 2.40. The first-order valence-electron chi connectivity index (χ1n) is 6.70. The van der Waals surface area contributed by atoms with E-state index in [1.54, 1.807) is 0 Å². The zero-order valence-corrected chi connectivity index (χ0v) is 18.9. The lowest BCUT2D eigenvalue weighted by atomic mass is 10.4. The van der Waals surface area contributed by atoms with Crippen LogP contribution in [-0.4, -0.2) is 0 Å². The SMILES string of the molecule is Ic1cccc(P(c2cccc(I)c2)c2cccc(I)c2)c1. The summed E-state index contributed by atoms with van der Waals surface area (Å²) in [5, 5.41) is 4.22. The van der Waals surface area contributed by atoms with Crippen molar-refractivity contribution in [2.24, 2.45) is 0 Å². The summed E-state index contributed by atoms with van der Waals surface area (Å²) in [6.07, 6.45) is 0. The Hall–Kier alpha value is 0.280. The lowest BCUT2D eigenvalue weighted by Crippen LogP contribution is -2.21. The van der Waals surface area contributed by atoms with E-state index in [4.69, 9.17) is 0 Å². The summed E-state index contributed by atoms with van der Waals surface area (Å²) in [5.41, 5.74) is 0. The van der Waals surface area contributed by atoms with Crippen LogP contribution in [0.5, 0.6) is 0 Å². The van der Waals surface area contributed by atoms with Crippen molar-refractivity contribution in [2.75, 3.05) is 0 Å². The molecule has 0 aromatic heterocycles. The van der Waals surface area contributed by atoms with E-state index in [0.717, 1.165) is 0 Å². The molecule has 0 saturated heterocycles. The van der Waals surface area contributed by atoms with E-state index in [1.807, 2.05) is 0 Å². The lowest BCUT2D eigenvalue weighted by molar-refractivity contribution is 1.67. The molecule has 0 radical (unpaired) electrons. The molecule has 0 saturated carbocycles. The Kier molecular flexibility index (Phi) is 6.15. The third-order valence-corrected chi connectivity index (χ3v) is 7.60. The number of benzene rings is 3. The maximum Gasteiger partial charge on any atom is 0.0136 e. The number of halogens is 3. The second kappa shape index (κ2) is 7.90. The minimum Gasteiger partial charge on any atom is -0.0606 e. The van der Waals surface area contributed by atoms with E-state index in [-0.39, 0.29) is 0 Å². The molecular weight excluding hydrogens is 628 g/mol. The molecule has 0 fully saturated rings. The molecule has 22 heavy (non-hydrogen) atoms. The van der Waals surface area contributed by atoms with E-state index in [1.165, 1.54) is 26.6 Å². The molecule has 0 spiro atoms. The van der Waals surface area contributed by atoms with Gasteiger partial charge in [0.25, 0.3) is 0 Å². The summed E-state index contributed by atoms with van der Waals surface area (Å²) in [6.45, 7) is 0. The Morgan fingerprint density at radius 1 is 0.500 bits per heavy atom. The fourth-order valence-corrected chi connectivity index (χ4v) is 7.07. The van der Waals surface area contributed by atoms with Gasteiger partial charge in [0, 0.05) is 10.7 Å². The maximum absolute atomic E-state index is 2.40. The standard InChI is InChI=1S/C18H12I3P/c19-13-4-1-7-16(10-13)22(17-8-2-5-14(20)11-17)18-9-3-6-15(21)12-18/h1-12H. The first-order valence-corrected chi connectivity index (χ1v) is 11.3. The molecule has 0 atom stereocenters. The quantitative estimate of drug-likeness (QED) is 0.271. The molecule has 0 heterocycles. The second-order valence-electron chi connectivity index (χ2n) is 4.78. The van der Waals surface area contributed by atoms with Crippen LogP contribution in [0, 0.1) is 10.7 Å². The van der Waals surface area contributed by atoms with Crippen LogP contribution in [0.3, 0.4) is 0 Å². The van der Waals surface area contributed by atoms with Gasteiger partial charge in [0.05, 0.1) is 0 Å². The first-order chi connectivity index (χ1) is 10.6. The van der Waals surface area contributed by atoms with Crippen LogP contribution in [0.15, 0.2) is 72.8 Å². The van der Waals surface area contributed by atoms with Crippen molar-refractivity contribution in [3.63, 3.8) is 0 Å². The highest BCUT2D eigenvalue weighted by Gasteiger charge is 2.17. The summed E-state index contributed by atoms with van der Waals surface area (Å²) >= 11 is 7.19. The third-order valence-electron chi connectivity index (χ3n) is 3.20. The van der Waals surface area contributed by atoms with Gasteiger partial charge in [0.15, 0.2) is 0 Å². The van der Waals surface area contributed by atoms with Crippen molar-refractivity contribution < 1.29 is 0 Å². The zero-order valence-electron chi connectivity index (χ0n) is 11.5. The van der Waals surface area contributed by atoms with Gasteiger partial charge in [-0.3, -0.25) is 0 Å². The summed E-state index contributed by atoms with van der Waals surface area (Å²) < 4.78 is 3.87. The number of hydrogen-bond donors (Lipinski definition) is 0. The van der Waals surface area contributed by atoms with Crippen LogP contribution in [0.2, 0.25) is 0 Å². The molecule has 3 aromatic rings. The Balaban J connectivity index is 2.18. The minimum absolute atomic E-state index is 0.509. The average molecular weight is 640 g/mol. The molecule has 0 unspecified atom stereocenters. The summed E-state index contributed by atoms with van der Waals surface area (Å²) in [4.78, 5) is 0. The third kappa shape index (κ3) is 4.22. The van der Waals surface area contributed by atoms with E-state index >= 15 is 0 Å². The van der Waals surface area contributed by atoms with Crippen LogP contribution in [0.1, 0.15) is 0 Å². The highest BCUT2D eigenvalue weighted by atomic mass is 127. The topological polar surface area (TPSA) is 0 Å². The monoisotopic (exact) mass is 640 g/mol. The first kappa shape index (κ1) is 17.1. The van der Waals surface area contributed by atoms with Crippen LogP contribution in [0.25, 0.3) is 0 Å². The molecule has 110 valence electrons. The fraction of sp³-hybridized carbons (Fsp3) is 0. The smallest absolute Gasteiger partial charge is 0.0136 e. The van der Waals surface area contributed by atoms with Crippen molar-refractivity contribution >= 4 is 91.6 Å². The highest BCUT2D eigenvalue weighted by Crippen LogP contribution is 2.34. The van der Waals surface area contributed by atoms with Gasteiger partial charge in [-0.2, -0.15) is 0 Å². The molecule has 0 nitrogen and oxygen atoms in total. The zero-order chi connectivity index (χ0) is 15.5. The molecule has 0 N–H and O–H groups in total. The molecular formula is C18H12I3P. The minimum atomic E-state index is -0.509. The van der Waals surface area contributed by atoms with Crippen molar-refractivity contribution in [3.05, 3.63) is 83.5 Å². The van der Waals surface area contributed by atoms with Crippen molar-refractivity contribution in [1.29, 1.82) is 0 Å². The van der Waals surface area contributed by atoms with Gasteiger partial charge in [-0.15, -0.1) is 0 Å². The van der Waals surface area contributed by atoms with Crippen LogP contribution in [-0.2, 0) is 0 Å². The molecule has 3 aromatic carbocycles. The largest absolute Gasteiger partial charge is 0.0606 e. The van der Waals surface area contributed by atoms with E-state index in [2.05, 4.69) is 141 Å². The Morgan fingerprint density at radius 2 is 0.818 bits per heavy atom. The Morgan fingerprint density at radius 3 is 1.09 bits per heavy atom. The van der Waals surface area contributed by atoms with Gasteiger partial charge < -0.3 is 0 Å². The van der Waals surface area contributed by atoms with Crippen molar-refractivity contribution in [3.8, 4) is 0 Å². The lowest BCUT2D eigenvalue weighted by Gasteiger charge is -2.20. The van der Waals surface area contributed by atoms with E-state index in [0.29, 0.717) is 0 Å². The molecule has 0 aliphatic heterocycles. The van der Waals surface area contributed by atoms with Gasteiger partial charge in [-0.25, -0.2) is 0 Å². The van der Waals surface area contributed by atoms with Crippen molar-refractivity contribution in [1.82, 2.24) is 0 Å². The molecule has 3 rings (SSSR count). The van der Waals surface area contributed by atoms with Crippen LogP contribution in [0.4, 0.5) is 0 Å². The number of rotatable bonds is 3. The molecule has 0 amide bonds. The summed E-state index contributed by atoms with van der Waals surface area (Å²) in [6, 6.07) is 26.7. The van der Waals surface area contributed by atoms with Gasteiger partial charge >= 0.3 is 0 Å². The van der Waals surface area contributed by atoms with Gasteiger partial charge in [-0.1, -0.05) is 36.4 Å². The van der Waals surface area contributed by atoms with E-state index in [9.17, 15) is 0 Å². The Bertz CT molecular complexity index is 693. The average Bonchev–Trinajstić information content (AvgIpc) is 2.48. The van der Waals surface area contributed by atoms with E-state index < -0.39 is 7.92 Å². The molecule has 4 heteroatoms. The van der Waals surface area contributed by atoms with Crippen LogP contribution < -0.4 is 15.9 Å². The molecule has 0 bridgehead atoms. The number of hydrogen-bond acceptors (Lipinski definition) is 0. The van der Waals surface area contributed by atoms with Gasteiger partial charge in [0.2, 0.25) is 0 Å². The second-order valence-corrected chi connectivity index (χ2v) is 10.7. The molecule has 0 aliphatic carbocycles. The molecule has 0 aliphatic rings. The van der Waals surface area contributed by atoms with Gasteiger partial charge in [-0.05, 0) is 128 Å². The normalized spacial score (nSPS) is 10.9. The summed E-state index contributed by atoms with van der Waals surface area (Å²) in [5.74, 6) is 0. The fourth-order valence-electron chi connectivity index (χ4n) is 2.29. The van der Waals surface area contributed by atoms with Crippen molar-refractivity contribution in [2.45, 2.75) is 0 Å². The predicted octanol–water partition coefficient (Wildman–Crippen LogP) is 5.26. The summed E-state index contributed by atoms with van der Waals surface area (Å²) in [7, 11) is -0.509. The Labute approximate surface area is 173 Å². The highest BCUT2D eigenvalue weighted by molar-refractivity contribution is 14.1.